The molecule has 1 unspecified atom stereocenters. The summed E-state index contributed by atoms with van der Waals surface area (Å²) in [5.41, 5.74) is 8.91. The van der Waals surface area contributed by atoms with Gasteiger partial charge in [0.05, 0.1) is 18.2 Å². The molecule has 2 rings (SSSR count). The van der Waals surface area contributed by atoms with E-state index in [1.165, 1.54) is 5.56 Å². The van der Waals surface area contributed by atoms with Crippen molar-refractivity contribution in [3.63, 3.8) is 0 Å². The molecule has 21 heavy (non-hydrogen) atoms. The molecule has 1 atom stereocenters. The minimum Gasteiger partial charge on any atom is -0.330 e. The Morgan fingerprint density at radius 3 is 2.76 bits per heavy atom. The Bertz CT molecular complexity index is 537. The van der Waals surface area contributed by atoms with Crippen LogP contribution in [0.15, 0.2) is 29.4 Å². The molecule has 0 bridgehead atoms. The quantitative estimate of drug-likeness (QED) is 0.874. The Hall–Kier alpha value is -1.68. The van der Waals surface area contributed by atoms with E-state index in [-0.39, 0.29) is 11.8 Å². The van der Waals surface area contributed by atoms with E-state index in [1.807, 2.05) is 12.1 Å². The number of carbonyl (C=O) groups excluding carboxylic acids is 1. The fraction of sp³-hybridized carbons (Fsp3) is 0.529. The summed E-state index contributed by atoms with van der Waals surface area (Å²) in [6.45, 7) is 7.42. The average Bonchev–Trinajstić information content (AvgIpc) is 2.74. The van der Waals surface area contributed by atoms with Gasteiger partial charge in [-0.25, -0.2) is 5.01 Å². The second kappa shape index (κ2) is 6.85. The summed E-state index contributed by atoms with van der Waals surface area (Å²) in [5, 5.41) is 6.22. The normalized spacial score (nSPS) is 18.5. The summed E-state index contributed by atoms with van der Waals surface area (Å²) in [4.78, 5) is 12.6. The molecule has 0 radical (unpaired) electrons. The minimum atomic E-state index is -0.0849. The van der Waals surface area contributed by atoms with E-state index in [0.717, 1.165) is 24.1 Å². The topological polar surface area (TPSA) is 58.7 Å². The number of rotatable bonds is 6. The van der Waals surface area contributed by atoms with Crippen LogP contribution in [0.1, 0.15) is 37.8 Å². The highest BCUT2D eigenvalue weighted by atomic mass is 16.2. The van der Waals surface area contributed by atoms with Crippen molar-refractivity contribution >= 4 is 11.6 Å². The van der Waals surface area contributed by atoms with Gasteiger partial charge in [-0.05, 0) is 37.8 Å². The molecule has 1 aromatic rings. The fourth-order valence-electron chi connectivity index (χ4n) is 2.77. The summed E-state index contributed by atoms with van der Waals surface area (Å²) >= 11 is 0. The van der Waals surface area contributed by atoms with E-state index in [0.29, 0.717) is 19.0 Å². The number of aryl methyl sites for hydroxylation is 1. The average molecular weight is 287 g/mol. The highest BCUT2D eigenvalue weighted by molar-refractivity contribution is 6.08. The molecular formula is C17H25N3O. The van der Waals surface area contributed by atoms with Gasteiger partial charge in [-0.15, -0.1) is 0 Å². The monoisotopic (exact) mass is 287 g/mol. The van der Waals surface area contributed by atoms with Gasteiger partial charge in [0.2, 0.25) is 0 Å². The van der Waals surface area contributed by atoms with Gasteiger partial charge in [-0.2, -0.15) is 5.10 Å². The van der Waals surface area contributed by atoms with Crippen LogP contribution in [0.5, 0.6) is 0 Å². The van der Waals surface area contributed by atoms with Gasteiger partial charge in [0.1, 0.15) is 0 Å². The zero-order chi connectivity index (χ0) is 15.4. The summed E-state index contributed by atoms with van der Waals surface area (Å²) < 4.78 is 0. The van der Waals surface area contributed by atoms with E-state index in [1.54, 1.807) is 5.01 Å². The standard InChI is InChI=1S/C17H25N3O/c1-12(2)16-15(8-5-9-18)17(21)20(19-16)11-14-7-4-6-13(3)10-14/h4,6-7,10,12,15H,5,8-9,11,18H2,1-3H3. The smallest absolute Gasteiger partial charge is 0.251 e. The van der Waals surface area contributed by atoms with Gasteiger partial charge < -0.3 is 5.73 Å². The molecule has 4 nitrogen and oxygen atoms in total. The second-order valence-corrected chi connectivity index (χ2v) is 6.05. The molecule has 1 amide bonds. The summed E-state index contributed by atoms with van der Waals surface area (Å²) in [6, 6.07) is 8.22. The van der Waals surface area contributed by atoms with Crippen LogP contribution in [-0.2, 0) is 11.3 Å². The number of hydrogen-bond acceptors (Lipinski definition) is 3. The van der Waals surface area contributed by atoms with Crippen LogP contribution in [0.4, 0.5) is 0 Å². The summed E-state index contributed by atoms with van der Waals surface area (Å²) in [5.74, 6) is 0.325. The van der Waals surface area contributed by atoms with Gasteiger partial charge in [0, 0.05) is 0 Å². The van der Waals surface area contributed by atoms with Gasteiger partial charge in [0.25, 0.3) is 5.91 Å². The lowest BCUT2D eigenvalue weighted by molar-refractivity contribution is -0.132. The first-order valence-electron chi connectivity index (χ1n) is 7.68. The minimum absolute atomic E-state index is 0.0849. The first-order valence-corrected chi connectivity index (χ1v) is 7.68. The molecule has 2 N–H and O–H groups in total. The third kappa shape index (κ3) is 3.70. The van der Waals surface area contributed by atoms with Crippen LogP contribution >= 0.6 is 0 Å². The highest BCUT2D eigenvalue weighted by Gasteiger charge is 2.36. The number of benzene rings is 1. The van der Waals surface area contributed by atoms with Crippen molar-refractivity contribution in [2.75, 3.05) is 6.54 Å². The zero-order valence-corrected chi connectivity index (χ0v) is 13.2. The number of hydrogen-bond donors (Lipinski definition) is 1. The molecule has 1 heterocycles. The van der Waals surface area contributed by atoms with Gasteiger partial charge in [0.15, 0.2) is 0 Å². The maximum absolute atomic E-state index is 12.6. The number of hydrazone groups is 1. The van der Waals surface area contributed by atoms with Crippen molar-refractivity contribution in [3.05, 3.63) is 35.4 Å². The third-order valence-electron chi connectivity index (χ3n) is 3.85. The molecule has 0 aromatic heterocycles. The predicted octanol–water partition coefficient (Wildman–Crippen LogP) is 2.70. The number of carbonyl (C=O) groups is 1. The number of nitrogens with zero attached hydrogens (tertiary/aromatic N) is 2. The first-order chi connectivity index (χ1) is 10.0. The van der Waals surface area contributed by atoms with Crippen molar-refractivity contribution in [2.45, 2.75) is 40.2 Å². The molecule has 0 aliphatic carbocycles. The van der Waals surface area contributed by atoms with Crippen LogP contribution in [0.2, 0.25) is 0 Å². The van der Waals surface area contributed by atoms with Crippen LogP contribution < -0.4 is 5.73 Å². The molecule has 0 spiro atoms. The SMILES string of the molecule is Cc1cccc(CN2N=C(C(C)C)C(CCCN)C2=O)c1. The molecule has 1 aromatic carbocycles. The van der Waals surface area contributed by atoms with Crippen LogP contribution in [0.3, 0.4) is 0 Å². The summed E-state index contributed by atoms with van der Waals surface area (Å²) in [6.07, 6.45) is 1.66. The van der Waals surface area contributed by atoms with Crippen LogP contribution in [0, 0.1) is 18.8 Å². The van der Waals surface area contributed by atoms with Crippen molar-refractivity contribution in [1.82, 2.24) is 5.01 Å². The Labute approximate surface area is 127 Å². The van der Waals surface area contributed by atoms with Gasteiger partial charge >= 0.3 is 0 Å². The maximum atomic E-state index is 12.6. The number of amides is 1. The molecular weight excluding hydrogens is 262 g/mol. The zero-order valence-electron chi connectivity index (χ0n) is 13.2. The Morgan fingerprint density at radius 2 is 2.14 bits per heavy atom. The molecule has 0 fully saturated rings. The van der Waals surface area contributed by atoms with E-state index in [4.69, 9.17) is 5.73 Å². The first kappa shape index (κ1) is 15.7. The predicted molar refractivity (Wildman–Crippen MR) is 85.8 cm³/mol. The summed E-state index contributed by atoms with van der Waals surface area (Å²) in [7, 11) is 0. The van der Waals surface area contributed by atoms with E-state index < -0.39 is 0 Å². The Balaban J connectivity index is 2.15. The largest absolute Gasteiger partial charge is 0.330 e. The highest BCUT2D eigenvalue weighted by Crippen LogP contribution is 2.26. The third-order valence-corrected chi connectivity index (χ3v) is 3.85. The molecule has 0 saturated carbocycles. The van der Waals surface area contributed by atoms with E-state index in [2.05, 4.69) is 38.0 Å². The second-order valence-electron chi connectivity index (χ2n) is 6.05. The number of nitrogens with two attached hydrogens (primary N) is 1. The lowest BCUT2D eigenvalue weighted by Crippen LogP contribution is -2.29. The van der Waals surface area contributed by atoms with Crippen molar-refractivity contribution < 1.29 is 4.79 Å². The fourth-order valence-corrected chi connectivity index (χ4v) is 2.77. The van der Waals surface area contributed by atoms with Gasteiger partial charge in [-0.3, -0.25) is 4.79 Å². The van der Waals surface area contributed by atoms with Crippen molar-refractivity contribution in [2.24, 2.45) is 22.7 Å². The van der Waals surface area contributed by atoms with E-state index in [9.17, 15) is 4.79 Å². The van der Waals surface area contributed by atoms with Crippen LogP contribution in [0.25, 0.3) is 0 Å². The molecule has 4 heteroatoms. The molecule has 1 aliphatic heterocycles. The van der Waals surface area contributed by atoms with Gasteiger partial charge in [-0.1, -0.05) is 43.7 Å². The molecule has 1 aliphatic rings. The molecule has 114 valence electrons. The van der Waals surface area contributed by atoms with Crippen molar-refractivity contribution in [3.8, 4) is 0 Å². The molecule has 0 saturated heterocycles. The Kier molecular flexibility index (Phi) is 5.12. The van der Waals surface area contributed by atoms with Crippen LogP contribution in [-0.4, -0.2) is 23.2 Å². The van der Waals surface area contributed by atoms with E-state index >= 15 is 0 Å². The Morgan fingerprint density at radius 1 is 1.38 bits per heavy atom. The lowest BCUT2D eigenvalue weighted by atomic mass is 9.90. The lowest BCUT2D eigenvalue weighted by Gasteiger charge is -2.15. The van der Waals surface area contributed by atoms with Crippen molar-refractivity contribution in [1.29, 1.82) is 0 Å². The maximum Gasteiger partial charge on any atom is 0.251 e.